The molecule has 10 N–H and O–H groups in total. The van der Waals surface area contributed by atoms with E-state index in [0.717, 1.165) is 24.8 Å². The molecular weight excluding hydrogens is 744 g/mol. The van der Waals surface area contributed by atoms with Gasteiger partial charge in [0.25, 0.3) is 0 Å². The second-order valence-corrected chi connectivity index (χ2v) is 20.5. The summed E-state index contributed by atoms with van der Waals surface area (Å²) in [5.41, 5.74) is -2.40. The molecule has 7 aliphatic rings. The van der Waals surface area contributed by atoms with Crippen molar-refractivity contribution in [3.8, 4) is 0 Å². The van der Waals surface area contributed by atoms with Crippen molar-refractivity contribution < 1.29 is 74.8 Å². The summed E-state index contributed by atoms with van der Waals surface area (Å²) in [6.07, 6.45) is -8.69. The molecule has 0 aromatic rings. The first-order chi connectivity index (χ1) is 26.6. The van der Waals surface area contributed by atoms with Crippen LogP contribution in [0.4, 0.5) is 0 Å². The van der Waals surface area contributed by atoms with Crippen LogP contribution in [-0.4, -0.2) is 150 Å². The summed E-state index contributed by atoms with van der Waals surface area (Å²) in [6.45, 7) is 11.5. The van der Waals surface area contributed by atoms with Crippen molar-refractivity contribution in [3.05, 3.63) is 11.6 Å². The van der Waals surface area contributed by atoms with Gasteiger partial charge in [0.1, 0.15) is 48.8 Å². The molecule has 0 aromatic carbocycles. The van der Waals surface area contributed by atoms with E-state index < -0.39 is 120 Å². The van der Waals surface area contributed by atoms with Gasteiger partial charge in [0.15, 0.2) is 6.29 Å². The molecule has 2 heterocycles. The van der Waals surface area contributed by atoms with Gasteiger partial charge in [-0.3, -0.25) is 4.79 Å². The minimum Gasteiger partial charge on any atom is -0.432 e. The van der Waals surface area contributed by atoms with E-state index in [2.05, 4.69) is 26.8 Å². The molecule has 20 atom stereocenters. The molecule has 0 unspecified atom stereocenters. The quantitative estimate of drug-likeness (QED) is 0.0940. The third kappa shape index (κ3) is 6.26. The first-order valence-corrected chi connectivity index (χ1v) is 21.1. The van der Waals surface area contributed by atoms with E-state index in [1.807, 2.05) is 20.8 Å². The number of aliphatic hydroxyl groups excluding tert-OH is 10. The minimum absolute atomic E-state index is 0.00865. The Morgan fingerprint density at radius 3 is 1.88 bits per heavy atom. The highest BCUT2D eigenvalue weighted by atomic mass is 16.7. The molecule has 6 fully saturated rings. The molecule has 0 aromatic heterocycles. The third-order valence-corrected chi connectivity index (χ3v) is 17.6. The highest BCUT2D eigenvalue weighted by Crippen LogP contribution is 2.76. The number of hydrogen-bond donors (Lipinski definition) is 10. The smallest absolute Gasteiger partial charge is 0.315 e. The van der Waals surface area contributed by atoms with Crippen molar-refractivity contribution in [3.63, 3.8) is 0 Å². The second-order valence-electron chi connectivity index (χ2n) is 20.5. The van der Waals surface area contributed by atoms with Crippen LogP contribution in [0, 0.1) is 50.2 Å². The zero-order valence-electron chi connectivity index (χ0n) is 34.2. The van der Waals surface area contributed by atoms with Crippen LogP contribution < -0.4 is 0 Å². The van der Waals surface area contributed by atoms with E-state index in [1.165, 1.54) is 0 Å². The lowest BCUT2D eigenvalue weighted by Crippen LogP contribution is -2.68. The molecule has 0 amide bonds. The van der Waals surface area contributed by atoms with E-state index in [0.29, 0.717) is 38.5 Å². The number of carbonyl (C=O) groups excluding carboxylic acids is 1. The molecule has 0 radical (unpaired) electrons. The lowest BCUT2D eigenvalue weighted by Gasteiger charge is -2.71. The molecule has 2 aliphatic heterocycles. The van der Waals surface area contributed by atoms with E-state index >= 15 is 0 Å². The molecule has 0 bridgehead atoms. The van der Waals surface area contributed by atoms with Gasteiger partial charge in [-0.05, 0) is 91.3 Å². The summed E-state index contributed by atoms with van der Waals surface area (Å²) in [7, 11) is 0. The predicted octanol–water partition coefficient (Wildman–Crippen LogP) is 0.260. The van der Waals surface area contributed by atoms with Gasteiger partial charge in [0, 0.05) is 11.3 Å². The number of fused-ring (bicyclic) bond motifs is 7. The number of rotatable bonds is 7. The van der Waals surface area contributed by atoms with Gasteiger partial charge in [0.2, 0.25) is 6.29 Å². The summed E-state index contributed by atoms with van der Waals surface area (Å²) < 4.78 is 23.7. The zero-order valence-corrected chi connectivity index (χ0v) is 34.2. The number of allylic oxidation sites excluding steroid dienone is 1. The first-order valence-electron chi connectivity index (χ1n) is 21.1. The molecule has 7 rings (SSSR count). The van der Waals surface area contributed by atoms with E-state index in [1.54, 1.807) is 0 Å². The van der Waals surface area contributed by atoms with Crippen molar-refractivity contribution >= 4 is 5.97 Å². The number of esters is 1. The SMILES string of the molecule is CC1(C)CC[C@]2(C(=O)O[C@@H]3O[C@H](CO)[C@@H](O)[C@H](O)[C@H]3O)CC[C@]3(C)C(=CC[C@@H]4[C@@]5(C)CC[C@H](O[C@@H]6O[C@H](CO)[C@H](O)[C@H](O)[C@H]6O)[C@@](C)(CO)[C@@H]5CC[C@]43C)[C@@H]2[C@@H]1O. The van der Waals surface area contributed by atoms with Gasteiger partial charge in [-0.2, -0.15) is 0 Å². The Balaban J connectivity index is 1.19. The average Bonchev–Trinajstić information content (AvgIpc) is 3.17. The minimum atomic E-state index is -1.74. The van der Waals surface area contributed by atoms with Crippen molar-refractivity contribution in [2.45, 2.75) is 173 Å². The summed E-state index contributed by atoms with van der Waals surface area (Å²) in [4.78, 5) is 14.6. The fourth-order valence-electron chi connectivity index (χ4n) is 13.6. The van der Waals surface area contributed by atoms with Gasteiger partial charge in [0.05, 0.1) is 37.4 Å². The summed E-state index contributed by atoms with van der Waals surface area (Å²) >= 11 is 0. The predicted molar refractivity (Wildman–Crippen MR) is 200 cm³/mol. The number of aliphatic hydroxyl groups is 10. The van der Waals surface area contributed by atoms with Gasteiger partial charge in [-0.15, -0.1) is 0 Å². The Hall–Kier alpha value is -1.31. The fourth-order valence-corrected chi connectivity index (χ4v) is 13.6. The molecule has 326 valence electrons. The number of hydrogen-bond acceptors (Lipinski definition) is 15. The standard InChI is InChI=1S/C42H68O15/c1-37(2)13-15-42(36(53)57-35-32(51)30(49)28(47)22(18-44)55-35)16-14-40(5)20(26(42)33(37)52)7-8-24-38(3)11-10-25(39(4,19-45)23(38)9-12-41(24,40)6)56-34-31(50)29(48)27(46)21(17-43)54-34/h7,21-35,43-52H,8-19H2,1-6H3/t21-,22-,23-,24-,25+,26-,27+,28-,29+,30+,31-,32-,33+,34+,35+,38+,39+,40-,41-,42+/m1/s1. The molecular formula is C42H68O15. The second kappa shape index (κ2) is 14.9. The summed E-state index contributed by atoms with van der Waals surface area (Å²) in [5.74, 6) is -1.11. The van der Waals surface area contributed by atoms with Gasteiger partial charge >= 0.3 is 5.97 Å². The molecule has 15 nitrogen and oxygen atoms in total. The Morgan fingerprint density at radius 1 is 0.702 bits per heavy atom. The molecule has 0 spiro atoms. The number of ether oxygens (including phenoxy) is 4. The molecule has 15 heteroatoms. The van der Waals surface area contributed by atoms with Crippen LogP contribution in [0.3, 0.4) is 0 Å². The van der Waals surface area contributed by atoms with E-state index in [4.69, 9.17) is 18.9 Å². The largest absolute Gasteiger partial charge is 0.432 e. The Kier molecular flexibility index (Phi) is 11.5. The van der Waals surface area contributed by atoms with Crippen LogP contribution in [-0.2, 0) is 23.7 Å². The maximum atomic E-state index is 14.6. The normalized spacial score (nSPS) is 54.7. The van der Waals surface area contributed by atoms with Crippen molar-refractivity contribution in [2.24, 2.45) is 50.2 Å². The van der Waals surface area contributed by atoms with Gasteiger partial charge < -0.3 is 70.0 Å². The maximum absolute atomic E-state index is 14.6. The van der Waals surface area contributed by atoms with E-state index in [9.17, 15) is 55.9 Å². The Bertz CT molecular complexity index is 1540. The van der Waals surface area contributed by atoms with E-state index in [-0.39, 0.29) is 29.3 Å². The maximum Gasteiger partial charge on any atom is 0.315 e. The topological polar surface area (TPSA) is 256 Å². The van der Waals surface area contributed by atoms with Crippen molar-refractivity contribution in [2.75, 3.05) is 19.8 Å². The number of carbonyl (C=O) groups is 1. The van der Waals surface area contributed by atoms with Crippen LogP contribution in [0.1, 0.15) is 99.3 Å². The lowest BCUT2D eigenvalue weighted by molar-refractivity contribution is -0.333. The Labute approximate surface area is 335 Å². The molecule has 4 saturated carbocycles. The van der Waals surface area contributed by atoms with Crippen molar-refractivity contribution in [1.29, 1.82) is 0 Å². The van der Waals surface area contributed by atoms with Crippen LogP contribution in [0.2, 0.25) is 0 Å². The first kappa shape index (κ1) is 43.8. The Morgan fingerprint density at radius 2 is 1.28 bits per heavy atom. The highest BCUT2D eigenvalue weighted by molar-refractivity contribution is 5.79. The van der Waals surface area contributed by atoms with Crippen molar-refractivity contribution in [1.82, 2.24) is 0 Å². The molecule has 57 heavy (non-hydrogen) atoms. The van der Waals surface area contributed by atoms with Crippen LogP contribution in [0.5, 0.6) is 0 Å². The highest BCUT2D eigenvalue weighted by Gasteiger charge is 2.71. The average molecular weight is 813 g/mol. The monoisotopic (exact) mass is 812 g/mol. The van der Waals surface area contributed by atoms with Crippen LogP contribution >= 0.6 is 0 Å². The van der Waals surface area contributed by atoms with Gasteiger partial charge in [-0.25, -0.2) is 0 Å². The summed E-state index contributed by atoms with van der Waals surface area (Å²) in [5, 5.41) is 106. The molecule has 2 saturated heterocycles. The van der Waals surface area contributed by atoms with Crippen LogP contribution in [0.25, 0.3) is 0 Å². The van der Waals surface area contributed by atoms with Crippen LogP contribution in [0.15, 0.2) is 11.6 Å². The fraction of sp³-hybridized carbons (Fsp3) is 0.929. The lowest BCUT2D eigenvalue weighted by atomic mass is 9.33. The third-order valence-electron chi connectivity index (χ3n) is 17.6. The van der Waals surface area contributed by atoms with Gasteiger partial charge in [-0.1, -0.05) is 53.2 Å². The summed E-state index contributed by atoms with van der Waals surface area (Å²) in [6, 6.07) is 0. The molecule has 5 aliphatic carbocycles. The zero-order chi connectivity index (χ0) is 41.8.